The third kappa shape index (κ3) is 5.35. The number of carbonyl (C=O) groups is 1. The number of rotatable bonds is 8. The number of methoxy groups -OCH3 is 1. The first-order chi connectivity index (χ1) is 17.1. The van der Waals surface area contributed by atoms with E-state index >= 15 is 0 Å². The van der Waals surface area contributed by atoms with Gasteiger partial charge in [-0.05, 0) is 54.6 Å². The number of nitrogens with zero attached hydrogens (tertiary/aromatic N) is 1. The lowest BCUT2D eigenvalue weighted by Crippen LogP contribution is -2.25. The van der Waals surface area contributed by atoms with Crippen molar-refractivity contribution in [1.29, 1.82) is 0 Å². The summed E-state index contributed by atoms with van der Waals surface area (Å²) >= 11 is 0. The van der Waals surface area contributed by atoms with E-state index in [9.17, 15) is 17.6 Å². The molecule has 2 aliphatic rings. The van der Waals surface area contributed by atoms with Crippen LogP contribution in [0.5, 0.6) is 5.75 Å². The van der Waals surface area contributed by atoms with E-state index in [0.717, 1.165) is 37.7 Å². The van der Waals surface area contributed by atoms with Crippen molar-refractivity contribution in [2.24, 2.45) is 5.92 Å². The number of halogens is 1. The van der Waals surface area contributed by atoms with E-state index in [0.29, 0.717) is 12.4 Å². The Morgan fingerprint density at radius 1 is 1.25 bits per heavy atom. The number of nitrogens with one attached hydrogen (secondary N) is 1. The van der Waals surface area contributed by atoms with Crippen LogP contribution in [0.1, 0.15) is 54.6 Å². The third-order valence-electron chi connectivity index (χ3n) is 7.12. The molecular weight excluding hydrogens is 487 g/mol. The molecule has 0 bridgehead atoms. The van der Waals surface area contributed by atoms with E-state index < -0.39 is 21.8 Å². The Bertz CT molecular complexity index is 1240. The van der Waals surface area contributed by atoms with Gasteiger partial charge in [0, 0.05) is 18.7 Å². The molecule has 0 aromatic heterocycles. The van der Waals surface area contributed by atoms with Gasteiger partial charge in [0.15, 0.2) is 0 Å². The molecule has 2 aromatic carbocycles. The van der Waals surface area contributed by atoms with Gasteiger partial charge < -0.3 is 19.1 Å². The molecule has 0 unspecified atom stereocenters. The minimum Gasteiger partial charge on any atom is -0.492 e. The summed E-state index contributed by atoms with van der Waals surface area (Å²) in [5, 5.41) is 0. The third-order valence-corrected chi connectivity index (χ3v) is 8.59. The van der Waals surface area contributed by atoms with Gasteiger partial charge >= 0.3 is 5.97 Å². The number of sulfonamides is 1. The van der Waals surface area contributed by atoms with Crippen LogP contribution < -0.4 is 9.46 Å². The van der Waals surface area contributed by atoms with Gasteiger partial charge in [-0.15, -0.1) is 0 Å². The molecule has 2 heterocycles. The molecule has 1 saturated heterocycles. The summed E-state index contributed by atoms with van der Waals surface area (Å²) in [6, 6.07) is 6.76. The van der Waals surface area contributed by atoms with E-state index in [-0.39, 0.29) is 46.3 Å². The van der Waals surface area contributed by atoms with Crippen molar-refractivity contribution in [1.82, 2.24) is 4.90 Å². The maximum atomic E-state index is 14.1. The first-order valence-electron chi connectivity index (χ1n) is 12.2. The number of anilines is 1. The average Bonchev–Trinajstić information content (AvgIpc) is 3.32. The highest BCUT2D eigenvalue weighted by atomic mass is 32.2. The zero-order chi connectivity index (χ0) is 26.0. The predicted octanol–water partition coefficient (Wildman–Crippen LogP) is 4.16. The molecule has 2 aromatic rings. The highest BCUT2D eigenvalue weighted by Crippen LogP contribution is 2.42. The fourth-order valence-corrected chi connectivity index (χ4v) is 6.00. The van der Waals surface area contributed by atoms with E-state index in [1.807, 2.05) is 13.8 Å². The Labute approximate surface area is 211 Å². The quantitative estimate of drug-likeness (QED) is 0.523. The number of carbonyl (C=O) groups excluding carboxylic acids is 1. The van der Waals surface area contributed by atoms with Gasteiger partial charge in [-0.25, -0.2) is 17.6 Å². The number of fused-ring (bicyclic) bond motifs is 1. The molecule has 10 heteroatoms. The summed E-state index contributed by atoms with van der Waals surface area (Å²) < 4.78 is 60.3. The number of likely N-dealkylation sites (N-methyl/N-ethyl adjacent to an activating group) is 1. The molecule has 0 spiro atoms. The van der Waals surface area contributed by atoms with Crippen LogP contribution in [-0.4, -0.2) is 58.7 Å². The Hall–Kier alpha value is -2.69. The standard InChI is InChI=1S/C26H33FN2O6S/c1-5-29-11-10-20(13-29)34-15-18-12-19(27)6-9-23(18)36(31,32)28-22-8-7-21-17(3)16(2)14-35-25(21)24(22)26(30)33-4/h6-9,12,16-17,20,28H,5,10-11,13-15H2,1-4H3/t16-,17-,20-/m0/s1. The molecule has 1 fully saturated rings. The summed E-state index contributed by atoms with van der Waals surface area (Å²) in [7, 11) is -2.98. The molecular formula is C26H33FN2O6S. The van der Waals surface area contributed by atoms with Crippen molar-refractivity contribution < 1.29 is 31.8 Å². The Kier molecular flexibility index (Phi) is 7.87. The zero-order valence-electron chi connectivity index (χ0n) is 21.0. The SMILES string of the molecule is CCN1CC[C@H](OCc2cc(F)ccc2S(=O)(=O)Nc2ccc3c(c2C(=O)OC)OC[C@H](C)[C@@H]3C)C1. The normalized spacial score (nSPS) is 22.1. The van der Waals surface area contributed by atoms with Crippen LogP contribution in [0, 0.1) is 11.7 Å². The molecule has 0 aliphatic carbocycles. The molecule has 2 aliphatic heterocycles. The minimum atomic E-state index is -4.21. The van der Waals surface area contributed by atoms with E-state index in [1.165, 1.54) is 25.3 Å². The van der Waals surface area contributed by atoms with Crippen molar-refractivity contribution in [3.05, 3.63) is 52.8 Å². The molecule has 0 amide bonds. The molecule has 1 N–H and O–H groups in total. The first kappa shape index (κ1) is 26.4. The number of esters is 1. The van der Waals surface area contributed by atoms with Crippen LogP contribution in [0.25, 0.3) is 0 Å². The second-order valence-electron chi connectivity index (χ2n) is 9.45. The minimum absolute atomic E-state index is 0.0165. The summed E-state index contributed by atoms with van der Waals surface area (Å²) in [5.41, 5.74) is 1.06. The first-order valence-corrected chi connectivity index (χ1v) is 13.7. The average molecular weight is 521 g/mol. The van der Waals surface area contributed by atoms with Gasteiger partial charge in [0.25, 0.3) is 10.0 Å². The molecule has 196 valence electrons. The second-order valence-corrected chi connectivity index (χ2v) is 11.1. The predicted molar refractivity (Wildman–Crippen MR) is 133 cm³/mol. The monoisotopic (exact) mass is 520 g/mol. The summed E-state index contributed by atoms with van der Waals surface area (Å²) in [5.74, 6) is -0.609. The topological polar surface area (TPSA) is 94.2 Å². The zero-order valence-corrected chi connectivity index (χ0v) is 21.9. The van der Waals surface area contributed by atoms with Crippen molar-refractivity contribution >= 4 is 21.7 Å². The highest BCUT2D eigenvalue weighted by Gasteiger charge is 2.32. The summed E-state index contributed by atoms with van der Waals surface area (Å²) in [4.78, 5) is 14.8. The molecule has 0 saturated carbocycles. The number of hydrogen-bond donors (Lipinski definition) is 1. The van der Waals surface area contributed by atoms with Gasteiger partial charge in [0.1, 0.15) is 17.1 Å². The van der Waals surface area contributed by atoms with Crippen molar-refractivity contribution in [3.63, 3.8) is 0 Å². The molecule has 4 rings (SSSR count). The molecule has 8 nitrogen and oxygen atoms in total. The van der Waals surface area contributed by atoms with Crippen LogP contribution in [0.15, 0.2) is 35.2 Å². The van der Waals surface area contributed by atoms with E-state index in [2.05, 4.69) is 16.5 Å². The lowest BCUT2D eigenvalue weighted by atomic mass is 9.85. The van der Waals surface area contributed by atoms with Crippen LogP contribution in [0.2, 0.25) is 0 Å². The smallest absolute Gasteiger partial charge is 0.343 e. The molecule has 0 radical (unpaired) electrons. The van der Waals surface area contributed by atoms with E-state index in [1.54, 1.807) is 6.07 Å². The van der Waals surface area contributed by atoms with Gasteiger partial charge in [-0.2, -0.15) is 0 Å². The number of ether oxygens (including phenoxy) is 3. The number of benzene rings is 2. The summed E-state index contributed by atoms with van der Waals surface area (Å²) in [6.07, 6.45) is 0.780. The highest BCUT2D eigenvalue weighted by molar-refractivity contribution is 7.92. The van der Waals surface area contributed by atoms with Crippen molar-refractivity contribution in [2.75, 3.05) is 38.1 Å². The number of hydrogen-bond acceptors (Lipinski definition) is 7. The Balaban J connectivity index is 1.65. The molecule has 3 atom stereocenters. The number of likely N-dealkylation sites (tertiary alicyclic amines) is 1. The van der Waals surface area contributed by atoms with Crippen LogP contribution in [0.3, 0.4) is 0 Å². The largest absolute Gasteiger partial charge is 0.492 e. The fraction of sp³-hybridized carbons (Fsp3) is 0.500. The van der Waals surface area contributed by atoms with Crippen molar-refractivity contribution in [3.8, 4) is 5.75 Å². The maximum absolute atomic E-state index is 14.1. The van der Waals surface area contributed by atoms with Gasteiger partial charge in [-0.1, -0.05) is 26.8 Å². The Morgan fingerprint density at radius 2 is 2.03 bits per heavy atom. The second kappa shape index (κ2) is 10.7. The lowest BCUT2D eigenvalue weighted by Gasteiger charge is -2.30. The maximum Gasteiger partial charge on any atom is 0.343 e. The summed E-state index contributed by atoms with van der Waals surface area (Å²) in [6.45, 7) is 9.06. The lowest BCUT2D eigenvalue weighted by molar-refractivity contribution is 0.0457. The van der Waals surface area contributed by atoms with Crippen LogP contribution in [-0.2, 0) is 26.1 Å². The Morgan fingerprint density at radius 3 is 2.72 bits per heavy atom. The van der Waals surface area contributed by atoms with Gasteiger partial charge in [-0.3, -0.25) is 4.72 Å². The fourth-order valence-electron chi connectivity index (χ4n) is 4.72. The van der Waals surface area contributed by atoms with Gasteiger partial charge in [0.05, 0.1) is 37.0 Å². The van der Waals surface area contributed by atoms with E-state index in [4.69, 9.17) is 14.2 Å². The van der Waals surface area contributed by atoms with Gasteiger partial charge in [0.2, 0.25) is 0 Å². The molecule has 36 heavy (non-hydrogen) atoms. The van der Waals surface area contributed by atoms with Crippen LogP contribution in [0.4, 0.5) is 10.1 Å². The van der Waals surface area contributed by atoms with Crippen LogP contribution >= 0.6 is 0 Å². The van der Waals surface area contributed by atoms with Crippen molar-refractivity contribution in [2.45, 2.75) is 50.7 Å².